The minimum absolute atomic E-state index is 0.188. The summed E-state index contributed by atoms with van der Waals surface area (Å²) in [5.74, 6) is 0.342. The second kappa shape index (κ2) is 7.28. The predicted molar refractivity (Wildman–Crippen MR) is 88.8 cm³/mol. The Morgan fingerprint density at radius 1 is 1.19 bits per heavy atom. The molecule has 3 nitrogen and oxygen atoms in total. The molecule has 0 bridgehead atoms. The molecule has 0 aliphatic carbocycles. The first kappa shape index (κ1) is 16.3. The minimum atomic E-state index is 0.188. The number of benzene rings is 1. The van der Waals surface area contributed by atoms with E-state index in [1.807, 2.05) is 12.1 Å². The molecule has 1 heterocycles. The summed E-state index contributed by atoms with van der Waals surface area (Å²) in [5.41, 5.74) is 1.47. The number of piperidine rings is 1. The highest BCUT2D eigenvalue weighted by Crippen LogP contribution is 2.29. The lowest BCUT2D eigenvalue weighted by Gasteiger charge is -2.48. The zero-order chi connectivity index (χ0) is 15.3. The molecule has 1 saturated heterocycles. The van der Waals surface area contributed by atoms with E-state index < -0.39 is 0 Å². The number of hydrogen-bond acceptors (Lipinski definition) is 3. The van der Waals surface area contributed by atoms with Crippen LogP contribution in [-0.2, 0) is 6.42 Å². The maximum atomic E-state index is 9.43. The van der Waals surface area contributed by atoms with Crippen molar-refractivity contribution < 1.29 is 5.11 Å². The number of rotatable bonds is 6. The molecule has 2 N–H and O–H groups in total. The fraction of sp³-hybridized carbons (Fsp3) is 0.667. The molecule has 0 aromatic heterocycles. The van der Waals surface area contributed by atoms with Crippen LogP contribution in [0.5, 0.6) is 5.75 Å². The third-order valence-corrected chi connectivity index (χ3v) is 5.27. The first-order valence-electron chi connectivity index (χ1n) is 8.30. The standard InChI is InChI=1S/C18H30N2O/c1-4-18(2,20-12-6-5-7-13-20)17(19-3)14-15-8-10-16(21)11-9-15/h8-11,17,19,21H,4-7,12-14H2,1-3H3. The first-order valence-corrected chi connectivity index (χ1v) is 8.30. The number of likely N-dealkylation sites (N-methyl/N-ethyl adjacent to an activating group) is 1. The number of nitrogens with zero attached hydrogens (tertiary/aromatic N) is 1. The Balaban J connectivity index is 2.13. The summed E-state index contributed by atoms with van der Waals surface area (Å²) < 4.78 is 0. The van der Waals surface area contributed by atoms with Gasteiger partial charge in [0.15, 0.2) is 0 Å². The van der Waals surface area contributed by atoms with Gasteiger partial charge in [0.1, 0.15) is 5.75 Å². The van der Waals surface area contributed by atoms with Crippen molar-refractivity contribution in [2.75, 3.05) is 20.1 Å². The summed E-state index contributed by atoms with van der Waals surface area (Å²) in [6.07, 6.45) is 6.17. The highest BCUT2D eigenvalue weighted by molar-refractivity contribution is 5.27. The van der Waals surface area contributed by atoms with Crippen LogP contribution in [0.3, 0.4) is 0 Å². The number of phenols is 1. The van der Waals surface area contributed by atoms with Crippen LogP contribution in [0.1, 0.15) is 45.1 Å². The van der Waals surface area contributed by atoms with Gasteiger partial charge in [-0.25, -0.2) is 0 Å². The molecular formula is C18H30N2O. The van der Waals surface area contributed by atoms with Crippen LogP contribution in [0.2, 0.25) is 0 Å². The van der Waals surface area contributed by atoms with Gasteiger partial charge in [0.05, 0.1) is 0 Å². The van der Waals surface area contributed by atoms with Crippen molar-refractivity contribution in [2.45, 2.75) is 57.5 Å². The average Bonchev–Trinajstić information content (AvgIpc) is 2.54. The van der Waals surface area contributed by atoms with Crippen molar-refractivity contribution in [1.82, 2.24) is 10.2 Å². The van der Waals surface area contributed by atoms with Crippen LogP contribution in [0.4, 0.5) is 0 Å². The van der Waals surface area contributed by atoms with Gasteiger partial charge in [0, 0.05) is 11.6 Å². The van der Waals surface area contributed by atoms with Crippen molar-refractivity contribution in [3.05, 3.63) is 29.8 Å². The van der Waals surface area contributed by atoms with Crippen LogP contribution in [-0.4, -0.2) is 41.7 Å². The third-order valence-electron chi connectivity index (χ3n) is 5.27. The Morgan fingerprint density at radius 3 is 2.33 bits per heavy atom. The lowest BCUT2D eigenvalue weighted by molar-refractivity contribution is 0.0453. The second-order valence-corrected chi connectivity index (χ2v) is 6.47. The summed E-state index contributed by atoms with van der Waals surface area (Å²) in [6, 6.07) is 8.06. The summed E-state index contributed by atoms with van der Waals surface area (Å²) in [4.78, 5) is 2.68. The van der Waals surface area contributed by atoms with Gasteiger partial charge < -0.3 is 10.4 Å². The van der Waals surface area contributed by atoms with E-state index >= 15 is 0 Å². The van der Waals surface area contributed by atoms with Gasteiger partial charge in [-0.15, -0.1) is 0 Å². The minimum Gasteiger partial charge on any atom is -0.508 e. The SMILES string of the molecule is CCC(C)(C(Cc1ccc(O)cc1)NC)N1CCCCC1. The van der Waals surface area contributed by atoms with Gasteiger partial charge in [-0.2, -0.15) is 0 Å². The molecule has 118 valence electrons. The number of phenolic OH excluding ortho intramolecular Hbond substituents is 1. The van der Waals surface area contributed by atoms with E-state index in [9.17, 15) is 5.11 Å². The molecule has 2 rings (SSSR count). The van der Waals surface area contributed by atoms with Crippen LogP contribution in [0.15, 0.2) is 24.3 Å². The molecule has 1 aromatic carbocycles. The Hall–Kier alpha value is -1.06. The molecule has 2 unspecified atom stereocenters. The van der Waals surface area contributed by atoms with Crippen molar-refractivity contribution >= 4 is 0 Å². The molecule has 0 amide bonds. The van der Waals surface area contributed by atoms with E-state index in [1.54, 1.807) is 12.1 Å². The Labute approximate surface area is 129 Å². The molecule has 2 atom stereocenters. The third kappa shape index (κ3) is 3.78. The van der Waals surface area contributed by atoms with Gasteiger partial charge in [0.2, 0.25) is 0 Å². The van der Waals surface area contributed by atoms with Crippen LogP contribution in [0, 0.1) is 0 Å². The molecule has 21 heavy (non-hydrogen) atoms. The van der Waals surface area contributed by atoms with Crippen LogP contribution < -0.4 is 5.32 Å². The average molecular weight is 290 g/mol. The van der Waals surface area contributed by atoms with Crippen LogP contribution >= 0.6 is 0 Å². The number of nitrogens with one attached hydrogen (secondary N) is 1. The zero-order valence-electron chi connectivity index (χ0n) is 13.7. The Kier molecular flexibility index (Phi) is 5.65. The van der Waals surface area contributed by atoms with E-state index in [4.69, 9.17) is 0 Å². The van der Waals surface area contributed by atoms with E-state index in [1.165, 1.54) is 37.9 Å². The van der Waals surface area contributed by atoms with E-state index in [0.717, 1.165) is 12.8 Å². The molecule has 0 spiro atoms. The number of hydrogen-bond donors (Lipinski definition) is 2. The molecule has 1 aromatic rings. The molecule has 1 aliphatic heterocycles. The molecular weight excluding hydrogens is 260 g/mol. The van der Waals surface area contributed by atoms with Crippen molar-refractivity contribution in [2.24, 2.45) is 0 Å². The first-order chi connectivity index (χ1) is 10.1. The van der Waals surface area contributed by atoms with Crippen molar-refractivity contribution in [3.63, 3.8) is 0 Å². The van der Waals surface area contributed by atoms with Crippen molar-refractivity contribution in [1.29, 1.82) is 0 Å². The number of aromatic hydroxyl groups is 1. The number of likely N-dealkylation sites (tertiary alicyclic amines) is 1. The summed E-state index contributed by atoms with van der Waals surface area (Å²) >= 11 is 0. The highest BCUT2D eigenvalue weighted by Gasteiger charge is 2.37. The van der Waals surface area contributed by atoms with E-state index in [-0.39, 0.29) is 5.54 Å². The molecule has 1 aliphatic rings. The predicted octanol–water partition coefficient (Wildman–Crippen LogP) is 3.18. The van der Waals surface area contributed by atoms with Crippen molar-refractivity contribution in [3.8, 4) is 5.75 Å². The largest absolute Gasteiger partial charge is 0.508 e. The second-order valence-electron chi connectivity index (χ2n) is 6.47. The van der Waals surface area contributed by atoms with Gasteiger partial charge in [0.25, 0.3) is 0 Å². The molecule has 0 radical (unpaired) electrons. The summed E-state index contributed by atoms with van der Waals surface area (Å²) in [6.45, 7) is 7.14. The van der Waals surface area contributed by atoms with Gasteiger partial charge >= 0.3 is 0 Å². The Morgan fingerprint density at radius 2 is 1.81 bits per heavy atom. The lowest BCUT2D eigenvalue weighted by atomic mass is 9.82. The van der Waals surface area contributed by atoms with Gasteiger partial charge in [-0.05, 0) is 70.4 Å². The maximum absolute atomic E-state index is 9.43. The highest BCUT2D eigenvalue weighted by atomic mass is 16.3. The Bertz CT molecular complexity index is 425. The van der Waals surface area contributed by atoms with E-state index in [0.29, 0.717) is 11.8 Å². The summed E-state index contributed by atoms with van der Waals surface area (Å²) in [5, 5.41) is 13.0. The quantitative estimate of drug-likeness (QED) is 0.844. The molecule has 1 fully saturated rings. The summed E-state index contributed by atoms with van der Waals surface area (Å²) in [7, 11) is 2.07. The zero-order valence-corrected chi connectivity index (χ0v) is 13.7. The van der Waals surface area contributed by atoms with Gasteiger partial charge in [-0.1, -0.05) is 25.5 Å². The topological polar surface area (TPSA) is 35.5 Å². The maximum Gasteiger partial charge on any atom is 0.115 e. The van der Waals surface area contributed by atoms with Crippen LogP contribution in [0.25, 0.3) is 0 Å². The fourth-order valence-electron chi connectivity index (χ4n) is 3.60. The van der Waals surface area contributed by atoms with Gasteiger partial charge in [-0.3, -0.25) is 4.90 Å². The normalized spacial score (nSPS) is 20.9. The molecule has 3 heteroatoms. The smallest absolute Gasteiger partial charge is 0.115 e. The monoisotopic (exact) mass is 290 g/mol. The fourth-order valence-corrected chi connectivity index (χ4v) is 3.60. The van der Waals surface area contributed by atoms with E-state index in [2.05, 4.69) is 31.1 Å². The lowest BCUT2D eigenvalue weighted by Crippen LogP contribution is -2.60. The molecule has 0 saturated carbocycles.